The SMILES string of the molecule is CCc1nc(C(=O)OC)c(N)n1C(C(=O)OC)C(C)C. The van der Waals surface area contributed by atoms with Gasteiger partial charge >= 0.3 is 11.9 Å². The molecule has 0 saturated heterocycles. The van der Waals surface area contributed by atoms with Gasteiger partial charge in [-0.1, -0.05) is 20.8 Å². The van der Waals surface area contributed by atoms with Crippen LogP contribution in [0.5, 0.6) is 0 Å². The van der Waals surface area contributed by atoms with Gasteiger partial charge in [-0.05, 0) is 5.92 Å². The van der Waals surface area contributed by atoms with Crippen molar-refractivity contribution in [2.24, 2.45) is 5.92 Å². The van der Waals surface area contributed by atoms with Crippen LogP contribution in [-0.4, -0.2) is 35.7 Å². The van der Waals surface area contributed by atoms with Crippen molar-refractivity contribution in [3.8, 4) is 0 Å². The number of esters is 2. The van der Waals surface area contributed by atoms with Gasteiger partial charge in [-0.3, -0.25) is 4.57 Å². The van der Waals surface area contributed by atoms with E-state index in [4.69, 9.17) is 10.5 Å². The third kappa shape index (κ3) is 2.76. The lowest BCUT2D eigenvalue weighted by Crippen LogP contribution is -2.28. The number of nitrogens with two attached hydrogens (primary N) is 1. The Kier molecular flexibility index (Phi) is 5.12. The van der Waals surface area contributed by atoms with Crippen molar-refractivity contribution in [1.82, 2.24) is 9.55 Å². The molecule has 7 heteroatoms. The van der Waals surface area contributed by atoms with Gasteiger partial charge < -0.3 is 15.2 Å². The Morgan fingerprint density at radius 2 is 1.90 bits per heavy atom. The zero-order valence-corrected chi connectivity index (χ0v) is 12.5. The number of hydrogen-bond acceptors (Lipinski definition) is 6. The van der Waals surface area contributed by atoms with E-state index in [-0.39, 0.29) is 17.4 Å². The third-order valence-corrected chi connectivity index (χ3v) is 3.07. The first-order chi connectivity index (χ1) is 9.38. The van der Waals surface area contributed by atoms with Crippen LogP contribution in [0.15, 0.2) is 0 Å². The molecule has 0 spiro atoms. The largest absolute Gasteiger partial charge is 0.467 e. The number of aromatic nitrogens is 2. The molecule has 0 fully saturated rings. The highest BCUT2D eigenvalue weighted by molar-refractivity contribution is 5.92. The number of imidazole rings is 1. The molecule has 2 N–H and O–H groups in total. The zero-order chi connectivity index (χ0) is 15.4. The molecule has 0 aromatic carbocycles. The minimum atomic E-state index is -0.624. The predicted molar refractivity (Wildman–Crippen MR) is 73.2 cm³/mol. The van der Waals surface area contributed by atoms with E-state index in [0.29, 0.717) is 12.2 Å². The van der Waals surface area contributed by atoms with Gasteiger partial charge in [0.2, 0.25) is 0 Å². The fourth-order valence-electron chi connectivity index (χ4n) is 2.10. The van der Waals surface area contributed by atoms with E-state index in [1.54, 1.807) is 4.57 Å². The molecule has 1 heterocycles. The zero-order valence-electron chi connectivity index (χ0n) is 12.5. The van der Waals surface area contributed by atoms with Crippen LogP contribution >= 0.6 is 0 Å². The number of carbonyl (C=O) groups excluding carboxylic acids is 2. The first-order valence-electron chi connectivity index (χ1n) is 6.41. The maximum atomic E-state index is 12.0. The number of methoxy groups -OCH3 is 2. The summed E-state index contributed by atoms with van der Waals surface area (Å²) >= 11 is 0. The number of nitrogens with zero attached hydrogens (tertiary/aromatic N) is 2. The van der Waals surface area contributed by atoms with Crippen LogP contribution in [0.3, 0.4) is 0 Å². The van der Waals surface area contributed by atoms with E-state index >= 15 is 0 Å². The van der Waals surface area contributed by atoms with Gasteiger partial charge in [0.15, 0.2) is 5.69 Å². The molecule has 0 radical (unpaired) electrons. The van der Waals surface area contributed by atoms with Crippen LogP contribution in [0.2, 0.25) is 0 Å². The van der Waals surface area contributed by atoms with Crippen LogP contribution in [0.1, 0.15) is 43.1 Å². The number of aryl methyl sites for hydroxylation is 1. The fraction of sp³-hybridized carbons (Fsp3) is 0.615. The summed E-state index contributed by atoms with van der Waals surface area (Å²) in [4.78, 5) is 27.8. The van der Waals surface area contributed by atoms with Crippen molar-refractivity contribution in [1.29, 1.82) is 0 Å². The molecule has 7 nitrogen and oxygen atoms in total. The normalized spacial score (nSPS) is 12.3. The summed E-state index contributed by atoms with van der Waals surface area (Å²) in [6.07, 6.45) is 0.529. The average Bonchev–Trinajstić information content (AvgIpc) is 2.75. The molecule has 0 aliphatic rings. The van der Waals surface area contributed by atoms with Crippen molar-refractivity contribution >= 4 is 17.8 Å². The van der Waals surface area contributed by atoms with E-state index in [2.05, 4.69) is 9.72 Å². The number of nitrogen functional groups attached to an aromatic ring is 1. The molecule has 1 aromatic rings. The smallest absolute Gasteiger partial charge is 0.360 e. The highest BCUT2D eigenvalue weighted by Crippen LogP contribution is 2.27. The second-order valence-corrected chi connectivity index (χ2v) is 4.69. The molecule has 0 aliphatic carbocycles. The second-order valence-electron chi connectivity index (χ2n) is 4.69. The van der Waals surface area contributed by atoms with Crippen LogP contribution in [0.25, 0.3) is 0 Å². The molecule has 0 saturated carbocycles. The van der Waals surface area contributed by atoms with Crippen molar-refractivity contribution in [2.75, 3.05) is 20.0 Å². The van der Waals surface area contributed by atoms with E-state index in [1.165, 1.54) is 14.2 Å². The molecular weight excluding hydrogens is 262 g/mol. The van der Waals surface area contributed by atoms with Gasteiger partial charge in [-0.15, -0.1) is 0 Å². The molecule has 1 aromatic heterocycles. The third-order valence-electron chi connectivity index (χ3n) is 3.07. The van der Waals surface area contributed by atoms with Crippen LogP contribution in [0, 0.1) is 5.92 Å². The van der Waals surface area contributed by atoms with E-state index in [9.17, 15) is 9.59 Å². The Morgan fingerprint density at radius 1 is 1.30 bits per heavy atom. The van der Waals surface area contributed by atoms with E-state index in [1.807, 2.05) is 20.8 Å². The maximum Gasteiger partial charge on any atom is 0.360 e. The van der Waals surface area contributed by atoms with Crippen molar-refractivity contribution in [3.05, 3.63) is 11.5 Å². The standard InChI is InChI=1S/C13H21N3O4/c1-6-8-15-9(12(17)19-4)11(14)16(8)10(7(2)3)13(18)20-5/h7,10H,6,14H2,1-5H3. The van der Waals surface area contributed by atoms with Gasteiger partial charge in [0.1, 0.15) is 17.7 Å². The van der Waals surface area contributed by atoms with Crippen molar-refractivity contribution in [2.45, 2.75) is 33.2 Å². The molecular formula is C13H21N3O4. The quantitative estimate of drug-likeness (QED) is 0.815. The lowest BCUT2D eigenvalue weighted by atomic mass is 10.0. The van der Waals surface area contributed by atoms with E-state index < -0.39 is 18.0 Å². The summed E-state index contributed by atoms with van der Waals surface area (Å²) in [7, 11) is 2.57. The molecule has 0 aliphatic heterocycles. The highest BCUT2D eigenvalue weighted by Gasteiger charge is 2.31. The Labute approximate surface area is 118 Å². The summed E-state index contributed by atoms with van der Waals surface area (Å²) < 4.78 is 11.0. The molecule has 0 bridgehead atoms. The lowest BCUT2D eigenvalue weighted by Gasteiger charge is -2.22. The minimum Gasteiger partial charge on any atom is -0.467 e. The lowest BCUT2D eigenvalue weighted by molar-refractivity contribution is -0.146. The fourth-order valence-corrected chi connectivity index (χ4v) is 2.10. The molecule has 20 heavy (non-hydrogen) atoms. The predicted octanol–water partition coefficient (Wildman–Crippen LogP) is 1.18. The number of carbonyl (C=O) groups is 2. The van der Waals surface area contributed by atoms with Gasteiger partial charge in [-0.25, -0.2) is 14.6 Å². The molecule has 1 unspecified atom stereocenters. The van der Waals surface area contributed by atoms with Gasteiger partial charge in [0, 0.05) is 6.42 Å². The maximum absolute atomic E-state index is 12.0. The summed E-state index contributed by atoms with van der Waals surface area (Å²) in [5.41, 5.74) is 6.01. The molecule has 1 atom stereocenters. The monoisotopic (exact) mass is 283 g/mol. The summed E-state index contributed by atoms with van der Waals surface area (Å²) in [6, 6.07) is -0.624. The summed E-state index contributed by atoms with van der Waals surface area (Å²) in [5.74, 6) is -0.432. The molecule has 112 valence electrons. The van der Waals surface area contributed by atoms with Gasteiger partial charge in [-0.2, -0.15) is 0 Å². The molecule has 0 amide bonds. The summed E-state index contributed by atoms with van der Waals surface area (Å²) in [5, 5.41) is 0. The Morgan fingerprint density at radius 3 is 2.30 bits per heavy atom. The Hall–Kier alpha value is -2.05. The number of rotatable bonds is 5. The minimum absolute atomic E-state index is 0.0268. The highest BCUT2D eigenvalue weighted by atomic mass is 16.5. The molecule has 1 rings (SSSR count). The second kappa shape index (κ2) is 6.40. The Bertz CT molecular complexity index is 508. The average molecular weight is 283 g/mol. The summed E-state index contributed by atoms with van der Waals surface area (Å²) in [6.45, 7) is 5.62. The Balaban J connectivity index is 3.44. The first kappa shape index (κ1) is 16.0. The topological polar surface area (TPSA) is 96.4 Å². The van der Waals surface area contributed by atoms with Gasteiger partial charge in [0.05, 0.1) is 14.2 Å². The van der Waals surface area contributed by atoms with E-state index in [0.717, 1.165) is 0 Å². The van der Waals surface area contributed by atoms with Crippen molar-refractivity contribution in [3.63, 3.8) is 0 Å². The first-order valence-corrected chi connectivity index (χ1v) is 6.41. The van der Waals surface area contributed by atoms with Crippen molar-refractivity contribution < 1.29 is 19.1 Å². The number of ether oxygens (including phenoxy) is 2. The number of hydrogen-bond donors (Lipinski definition) is 1. The van der Waals surface area contributed by atoms with Gasteiger partial charge in [0.25, 0.3) is 0 Å². The number of anilines is 1. The van der Waals surface area contributed by atoms with Crippen LogP contribution < -0.4 is 5.73 Å². The van der Waals surface area contributed by atoms with Crippen LogP contribution in [0.4, 0.5) is 5.82 Å². The van der Waals surface area contributed by atoms with Crippen LogP contribution in [-0.2, 0) is 20.7 Å².